The maximum atomic E-state index is 14.9. The fraction of sp³-hybridized carbons (Fsp3) is 0.500. The first-order chi connectivity index (χ1) is 32.4. The van der Waals surface area contributed by atoms with Gasteiger partial charge in [-0.15, -0.1) is 24.9 Å². The quantitative estimate of drug-likeness (QED) is 0.0428. The van der Waals surface area contributed by atoms with Crippen LogP contribution in [0.15, 0.2) is 108 Å². The first kappa shape index (κ1) is 47.5. The molecule has 0 spiro atoms. The van der Waals surface area contributed by atoms with Gasteiger partial charge in [-0.05, 0) is 129 Å². The van der Waals surface area contributed by atoms with E-state index >= 15 is 0 Å². The number of hydrogen-bond donors (Lipinski definition) is 2. The van der Waals surface area contributed by atoms with E-state index in [-0.39, 0.29) is 63.9 Å². The number of allylic oxidation sites excluding steroid dienone is 1. The highest BCUT2D eigenvalue weighted by Gasteiger charge is 2.66. The summed E-state index contributed by atoms with van der Waals surface area (Å²) < 4.78 is 44.7. The lowest BCUT2D eigenvalue weighted by molar-refractivity contribution is -0.256. The van der Waals surface area contributed by atoms with Crippen LogP contribution in [0.2, 0.25) is 0 Å². The number of carbonyl (C=O) groups excluding carboxylic acids is 1. The van der Waals surface area contributed by atoms with Crippen molar-refractivity contribution in [1.29, 1.82) is 0 Å². The highest BCUT2D eigenvalue weighted by Crippen LogP contribution is 2.62. The summed E-state index contributed by atoms with van der Waals surface area (Å²) in [5.74, 6) is 1.02. The van der Waals surface area contributed by atoms with Gasteiger partial charge < -0.3 is 48.2 Å². The van der Waals surface area contributed by atoms with E-state index in [9.17, 15) is 15.0 Å². The van der Waals surface area contributed by atoms with E-state index in [0.29, 0.717) is 66.7 Å². The van der Waals surface area contributed by atoms with Gasteiger partial charge in [-0.2, -0.15) is 0 Å². The molecule has 0 aromatic heterocycles. The van der Waals surface area contributed by atoms with Gasteiger partial charge in [-0.25, -0.2) is 4.79 Å². The Labute approximate surface area is 392 Å². The van der Waals surface area contributed by atoms with Crippen LogP contribution in [-0.4, -0.2) is 91.1 Å². The minimum Gasteiger partial charge on any atom is -0.459 e. The number of oxime groups is 1. The van der Waals surface area contributed by atoms with Gasteiger partial charge in [-0.3, -0.25) is 4.90 Å². The molecule has 3 aromatic carbocycles. The smallest absolute Gasteiger partial charge is 0.410 e. The molecule has 7 unspecified atom stereocenters. The fourth-order valence-corrected chi connectivity index (χ4v) is 10.7. The Morgan fingerprint density at radius 2 is 1.73 bits per heavy atom. The lowest BCUT2D eigenvalue weighted by atomic mass is 9.55. The standard InChI is InChI=1S/C52H64N2O11S/c1-4-6-27-59-51(57)54(33-35-16-22-45-46(29-35)61-34-60-45)47-32-43(53-65-48-15-9-12-28-58-48)41-30-36(13-7-10-24-55)40(14-8-11-25-56)49-42-31-38(63-37-17-20-39(66-3)21-18-37)19-23-44(42)64-52(47,50(41)49)62-26-5-2/h4-5,16-23,29-31,36,40,47-50,55-56H,1-2,6-15,24-28,32-34H2,3H3. The number of fused-ring (bicyclic) bond motifs is 3. The van der Waals surface area contributed by atoms with Crippen LogP contribution >= 0.6 is 11.8 Å². The highest BCUT2D eigenvalue weighted by atomic mass is 32.2. The van der Waals surface area contributed by atoms with Crippen molar-refractivity contribution >= 4 is 23.6 Å². The molecule has 1 saturated carbocycles. The van der Waals surface area contributed by atoms with Gasteiger partial charge in [0.1, 0.15) is 23.3 Å². The highest BCUT2D eigenvalue weighted by molar-refractivity contribution is 7.98. The SMILES string of the molecule is C=CCCOC(=O)N(Cc1ccc2c(c1)OCO2)C1CC(=NOC2CCCCO2)C2=CC(CCCCO)C(CCCCO)C3c4cc(Oc5ccc(SC)cc5)ccc4OC1(OCC=C)C23. The predicted octanol–water partition coefficient (Wildman–Crippen LogP) is 10.3. The molecule has 0 bridgehead atoms. The molecule has 7 atom stereocenters. The zero-order valence-electron chi connectivity index (χ0n) is 38.0. The van der Waals surface area contributed by atoms with Crippen LogP contribution in [0.4, 0.5) is 4.79 Å². The van der Waals surface area contributed by atoms with Gasteiger partial charge in [0, 0.05) is 49.0 Å². The van der Waals surface area contributed by atoms with Crippen molar-refractivity contribution in [3.8, 4) is 28.7 Å². The Morgan fingerprint density at radius 3 is 2.48 bits per heavy atom. The third-order valence-electron chi connectivity index (χ3n) is 13.3. The minimum absolute atomic E-state index is 0.0268. The van der Waals surface area contributed by atoms with Crippen LogP contribution in [0.5, 0.6) is 28.7 Å². The molecular weight excluding hydrogens is 861 g/mol. The number of benzene rings is 3. The number of thioether (sulfide) groups is 1. The molecule has 3 aromatic rings. The molecule has 354 valence electrons. The number of hydrogen-bond acceptors (Lipinski definition) is 13. The first-order valence-electron chi connectivity index (χ1n) is 23.5. The number of aliphatic hydroxyl groups is 2. The van der Waals surface area contributed by atoms with Crippen LogP contribution in [-0.2, 0) is 25.6 Å². The summed E-state index contributed by atoms with van der Waals surface area (Å²) in [6, 6.07) is 18.8. The van der Waals surface area contributed by atoms with E-state index in [1.165, 1.54) is 0 Å². The number of aliphatic hydroxyl groups excluding tert-OH is 2. The largest absolute Gasteiger partial charge is 0.459 e. The molecule has 2 N–H and O–H groups in total. The summed E-state index contributed by atoms with van der Waals surface area (Å²) in [4.78, 5) is 24.0. The zero-order valence-corrected chi connectivity index (χ0v) is 38.8. The molecule has 8 rings (SSSR count). The second-order valence-electron chi connectivity index (χ2n) is 17.5. The average molecular weight is 925 g/mol. The zero-order chi connectivity index (χ0) is 45.9. The van der Waals surface area contributed by atoms with Gasteiger partial charge in [-0.1, -0.05) is 42.3 Å². The summed E-state index contributed by atoms with van der Waals surface area (Å²) in [6.45, 7) is 9.17. The van der Waals surface area contributed by atoms with E-state index in [1.54, 1.807) is 28.8 Å². The molecule has 3 aliphatic heterocycles. The molecule has 13 nitrogen and oxygen atoms in total. The first-order valence-corrected chi connectivity index (χ1v) is 24.7. The molecule has 1 saturated heterocycles. The van der Waals surface area contributed by atoms with Crippen molar-refractivity contribution in [2.24, 2.45) is 22.9 Å². The maximum Gasteiger partial charge on any atom is 0.410 e. The van der Waals surface area contributed by atoms with Gasteiger partial charge in [0.25, 0.3) is 0 Å². The molecular formula is C52H64N2O11S. The Kier molecular flexibility index (Phi) is 16.3. The lowest BCUT2D eigenvalue weighted by Crippen LogP contribution is -2.70. The van der Waals surface area contributed by atoms with E-state index in [0.717, 1.165) is 60.1 Å². The number of unbranched alkanes of at least 4 members (excludes halogenated alkanes) is 2. The van der Waals surface area contributed by atoms with E-state index < -0.39 is 30.1 Å². The fourth-order valence-electron chi connectivity index (χ4n) is 10.3. The molecule has 14 heteroatoms. The summed E-state index contributed by atoms with van der Waals surface area (Å²) in [5, 5.41) is 25.0. The Balaban J connectivity index is 1.32. The van der Waals surface area contributed by atoms with Gasteiger partial charge >= 0.3 is 6.09 Å². The van der Waals surface area contributed by atoms with Gasteiger partial charge in [0.15, 0.2) is 11.5 Å². The number of nitrogens with zero attached hydrogens (tertiary/aromatic N) is 2. The number of ether oxygens (including phenoxy) is 7. The van der Waals surface area contributed by atoms with Gasteiger partial charge in [0.2, 0.25) is 18.9 Å². The third kappa shape index (κ3) is 10.6. The number of amides is 1. The van der Waals surface area contributed by atoms with E-state index in [2.05, 4.69) is 25.3 Å². The number of carbonyl (C=O) groups is 1. The Morgan fingerprint density at radius 1 is 0.939 bits per heavy atom. The van der Waals surface area contributed by atoms with E-state index in [1.807, 2.05) is 60.9 Å². The minimum atomic E-state index is -1.49. The third-order valence-corrected chi connectivity index (χ3v) is 14.0. The van der Waals surface area contributed by atoms with Crippen LogP contribution < -0.4 is 18.9 Å². The topological polar surface area (TPSA) is 147 Å². The van der Waals surface area contributed by atoms with Crippen molar-refractivity contribution in [2.75, 3.05) is 46.1 Å². The summed E-state index contributed by atoms with van der Waals surface area (Å²) in [7, 11) is 0. The monoisotopic (exact) mass is 924 g/mol. The molecule has 0 radical (unpaired) electrons. The molecule has 5 aliphatic rings. The van der Waals surface area contributed by atoms with Crippen molar-refractivity contribution in [2.45, 2.75) is 106 Å². The normalized spacial score (nSPS) is 25.4. The molecule has 66 heavy (non-hydrogen) atoms. The molecule has 2 aliphatic carbocycles. The van der Waals surface area contributed by atoms with Crippen molar-refractivity contribution < 1.29 is 53.0 Å². The second kappa shape index (κ2) is 22.7. The maximum absolute atomic E-state index is 14.9. The molecule has 3 heterocycles. The second-order valence-corrected chi connectivity index (χ2v) is 18.3. The van der Waals surface area contributed by atoms with Crippen molar-refractivity contribution in [3.05, 3.63) is 109 Å². The predicted molar refractivity (Wildman–Crippen MR) is 252 cm³/mol. The number of rotatable bonds is 22. The molecule has 1 amide bonds. The van der Waals surface area contributed by atoms with Crippen LogP contribution in [0.3, 0.4) is 0 Å². The average Bonchev–Trinajstić information content (AvgIpc) is 3.82. The summed E-state index contributed by atoms with van der Waals surface area (Å²) in [6.07, 6.45) is 14.6. The molecule has 2 fully saturated rings. The van der Waals surface area contributed by atoms with E-state index in [4.69, 9.17) is 43.2 Å². The lowest BCUT2D eigenvalue weighted by Gasteiger charge is -2.59. The van der Waals surface area contributed by atoms with Crippen molar-refractivity contribution in [3.63, 3.8) is 0 Å². The van der Waals surface area contributed by atoms with Crippen molar-refractivity contribution in [1.82, 2.24) is 4.90 Å². The van der Waals surface area contributed by atoms with Gasteiger partial charge in [0.05, 0.1) is 31.5 Å². The van der Waals surface area contributed by atoms with Crippen LogP contribution in [0.1, 0.15) is 87.7 Å². The van der Waals surface area contributed by atoms with Crippen LogP contribution in [0.25, 0.3) is 0 Å². The summed E-state index contributed by atoms with van der Waals surface area (Å²) in [5.41, 5.74) is 3.34. The summed E-state index contributed by atoms with van der Waals surface area (Å²) >= 11 is 1.67. The Hall–Kier alpha value is -4.99. The van der Waals surface area contributed by atoms with Crippen LogP contribution in [0, 0.1) is 17.8 Å². The Bertz CT molecular complexity index is 2190.